The molecule has 0 aliphatic carbocycles. The SMILES string of the molecule is CC1CC(=O)N(Cc2sccc2Br)C(=O)C1. The lowest BCUT2D eigenvalue weighted by molar-refractivity contribution is -0.150. The molecule has 2 heterocycles. The van der Waals surface area contributed by atoms with Crippen molar-refractivity contribution < 1.29 is 9.59 Å². The minimum atomic E-state index is -0.0518. The Bertz CT molecular complexity index is 411. The van der Waals surface area contributed by atoms with Crippen molar-refractivity contribution in [2.45, 2.75) is 26.3 Å². The Morgan fingerprint density at radius 3 is 2.56 bits per heavy atom. The largest absolute Gasteiger partial charge is 0.277 e. The van der Waals surface area contributed by atoms with E-state index in [-0.39, 0.29) is 17.7 Å². The molecule has 2 amide bonds. The first kappa shape index (κ1) is 11.8. The van der Waals surface area contributed by atoms with Crippen LogP contribution in [0.15, 0.2) is 15.9 Å². The maximum atomic E-state index is 11.7. The predicted octanol–water partition coefficient (Wildman–Crippen LogP) is 2.80. The van der Waals surface area contributed by atoms with Crippen LogP contribution in [0.2, 0.25) is 0 Å². The number of hydrogen-bond donors (Lipinski definition) is 0. The Labute approximate surface area is 107 Å². The van der Waals surface area contributed by atoms with Gasteiger partial charge in [0, 0.05) is 22.2 Å². The quantitative estimate of drug-likeness (QED) is 0.788. The van der Waals surface area contributed by atoms with Gasteiger partial charge >= 0.3 is 0 Å². The van der Waals surface area contributed by atoms with Gasteiger partial charge in [0.15, 0.2) is 0 Å². The van der Waals surface area contributed by atoms with Crippen LogP contribution >= 0.6 is 27.3 Å². The highest BCUT2D eigenvalue weighted by atomic mass is 79.9. The van der Waals surface area contributed by atoms with Crippen molar-refractivity contribution >= 4 is 39.1 Å². The second kappa shape index (κ2) is 4.67. The summed E-state index contributed by atoms with van der Waals surface area (Å²) >= 11 is 4.96. The van der Waals surface area contributed by atoms with Crippen LogP contribution in [0.1, 0.15) is 24.6 Å². The van der Waals surface area contributed by atoms with Crippen LogP contribution < -0.4 is 0 Å². The molecule has 1 fully saturated rings. The van der Waals surface area contributed by atoms with Crippen molar-refractivity contribution in [3.8, 4) is 0 Å². The summed E-state index contributed by atoms with van der Waals surface area (Å²) in [6.07, 6.45) is 0.962. The number of imide groups is 1. The van der Waals surface area contributed by atoms with Crippen molar-refractivity contribution in [3.63, 3.8) is 0 Å². The van der Waals surface area contributed by atoms with Gasteiger partial charge < -0.3 is 0 Å². The molecule has 0 N–H and O–H groups in total. The summed E-state index contributed by atoms with van der Waals surface area (Å²) in [7, 11) is 0. The molecule has 0 radical (unpaired) electrons. The van der Waals surface area contributed by atoms with Gasteiger partial charge in [0.25, 0.3) is 0 Å². The fourth-order valence-electron chi connectivity index (χ4n) is 1.79. The molecule has 1 saturated heterocycles. The molecule has 0 aromatic carbocycles. The van der Waals surface area contributed by atoms with E-state index < -0.39 is 0 Å². The summed E-state index contributed by atoms with van der Waals surface area (Å²) in [5.41, 5.74) is 0. The van der Waals surface area contributed by atoms with E-state index in [1.807, 2.05) is 18.4 Å². The van der Waals surface area contributed by atoms with Crippen LogP contribution in [0, 0.1) is 5.92 Å². The van der Waals surface area contributed by atoms with Crippen LogP contribution in [-0.4, -0.2) is 16.7 Å². The number of carbonyl (C=O) groups is 2. The number of rotatable bonds is 2. The molecule has 1 aliphatic rings. The molecule has 0 atom stereocenters. The van der Waals surface area contributed by atoms with Gasteiger partial charge in [-0.25, -0.2) is 0 Å². The van der Waals surface area contributed by atoms with E-state index >= 15 is 0 Å². The first-order valence-corrected chi connectivity index (χ1v) is 6.80. The molecular weight excluding hydrogens is 290 g/mol. The average Bonchev–Trinajstić information content (AvgIpc) is 2.57. The maximum absolute atomic E-state index is 11.7. The highest BCUT2D eigenvalue weighted by Gasteiger charge is 2.30. The van der Waals surface area contributed by atoms with Gasteiger partial charge in [-0.2, -0.15) is 0 Å². The summed E-state index contributed by atoms with van der Waals surface area (Å²) in [5, 5.41) is 1.95. The Morgan fingerprint density at radius 2 is 2.06 bits per heavy atom. The van der Waals surface area contributed by atoms with E-state index in [0.717, 1.165) is 9.35 Å². The molecule has 0 saturated carbocycles. The molecule has 86 valence electrons. The van der Waals surface area contributed by atoms with E-state index in [1.54, 1.807) is 11.3 Å². The topological polar surface area (TPSA) is 37.4 Å². The fraction of sp³-hybridized carbons (Fsp3) is 0.455. The number of carbonyl (C=O) groups excluding carboxylic acids is 2. The van der Waals surface area contributed by atoms with Crippen molar-refractivity contribution in [1.82, 2.24) is 4.90 Å². The predicted molar refractivity (Wildman–Crippen MR) is 66.0 cm³/mol. The van der Waals surface area contributed by atoms with Gasteiger partial charge in [0.05, 0.1) is 6.54 Å². The lowest BCUT2D eigenvalue weighted by atomic mass is 9.98. The van der Waals surface area contributed by atoms with Crippen molar-refractivity contribution in [3.05, 3.63) is 20.8 Å². The van der Waals surface area contributed by atoms with Crippen molar-refractivity contribution in [2.75, 3.05) is 0 Å². The zero-order chi connectivity index (χ0) is 11.7. The zero-order valence-electron chi connectivity index (χ0n) is 8.90. The molecule has 0 unspecified atom stereocenters. The zero-order valence-corrected chi connectivity index (χ0v) is 11.3. The summed E-state index contributed by atoms with van der Waals surface area (Å²) in [6.45, 7) is 2.34. The fourth-order valence-corrected chi connectivity index (χ4v) is 3.25. The van der Waals surface area contributed by atoms with Gasteiger partial charge in [-0.15, -0.1) is 11.3 Å². The molecule has 3 nitrogen and oxygen atoms in total. The first-order chi connectivity index (χ1) is 7.58. The highest BCUT2D eigenvalue weighted by Crippen LogP contribution is 2.27. The van der Waals surface area contributed by atoms with Crippen molar-refractivity contribution in [1.29, 1.82) is 0 Å². The molecule has 5 heteroatoms. The molecule has 0 bridgehead atoms. The molecular formula is C11H12BrNO2S. The number of piperidine rings is 1. The van der Waals surface area contributed by atoms with Crippen LogP contribution in [-0.2, 0) is 16.1 Å². The van der Waals surface area contributed by atoms with Crippen LogP contribution in [0.5, 0.6) is 0 Å². The third kappa shape index (κ3) is 2.35. The minimum Gasteiger partial charge on any atom is -0.277 e. The lowest BCUT2D eigenvalue weighted by Gasteiger charge is -2.27. The third-order valence-electron chi connectivity index (χ3n) is 2.64. The standard InChI is InChI=1S/C11H12BrNO2S/c1-7-4-10(14)13(11(15)5-7)6-9-8(12)2-3-16-9/h2-3,7H,4-6H2,1H3. The Morgan fingerprint density at radius 1 is 1.44 bits per heavy atom. The van der Waals surface area contributed by atoms with Gasteiger partial charge in [-0.05, 0) is 33.3 Å². The van der Waals surface area contributed by atoms with Gasteiger partial charge in [0.2, 0.25) is 11.8 Å². The van der Waals surface area contributed by atoms with E-state index in [2.05, 4.69) is 15.9 Å². The summed E-state index contributed by atoms with van der Waals surface area (Å²) < 4.78 is 0.969. The number of thiophene rings is 1. The molecule has 16 heavy (non-hydrogen) atoms. The van der Waals surface area contributed by atoms with E-state index in [1.165, 1.54) is 4.90 Å². The van der Waals surface area contributed by atoms with Crippen LogP contribution in [0.3, 0.4) is 0 Å². The molecule has 0 spiro atoms. The second-order valence-electron chi connectivity index (χ2n) is 4.08. The maximum Gasteiger partial charge on any atom is 0.229 e. The normalized spacial score (nSPS) is 18.2. The number of likely N-dealkylation sites (tertiary alicyclic amines) is 1. The highest BCUT2D eigenvalue weighted by molar-refractivity contribution is 9.10. The molecule has 1 aromatic heterocycles. The first-order valence-electron chi connectivity index (χ1n) is 5.13. The van der Waals surface area contributed by atoms with Gasteiger partial charge in [-0.3, -0.25) is 14.5 Å². The van der Waals surface area contributed by atoms with E-state index in [0.29, 0.717) is 19.4 Å². The molecule has 2 rings (SSSR count). The summed E-state index contributed by atoms with van der Waals surface area (Å²) in [6, 6.07) is 1.93. The Kier molecular flexibility index (Phi) is 3.44. The Hall–Kier alpha value is -0.680. The van der Waals surface area contributed by atoms with Gasteiger partial charge in [-0.1, -0.05) is 6.92 Å². The van der Waals surface area contributed by atoms with Crippen molar-refractivity contribution in [2.24, 2.45) is 5.92 Å². The van der Waals surface area contributed by atoms with Crippen LogP contribution in [0.4, 0.5) is 0 Å². The number of nitrogens with zero attached hydrogens (tertiary/aromatic N) is 1. The summed E-state index contributed by atoms with van der Waals surface area (Å²) in [4.78, 5) is 25.9. The lowest BCUT2D eigenvalue weighted by Crippen LogP contribution is -2.41. The average molecular weight is 302 g/mol. The number of halogens is 1. The molecule has 1 aromatic rings. The smallest absolute Gasteiger partial charge is 0.229 e. The van der Waals surface area contributed by atoms with E-state index in [9.17, 15) is 9.59 Å². The van der Waals surface area contributed by atoms with Crippen LogP contribution in [0.25, 0.3) is 0 Å². The van der Waals surface area contributed by atoms with Gasteiger partial charge in [0.1, 0.15) is 0 Å². The number of hydrogen-bond acceptors (Lipinski definition) is 3. The monoisotopic (exact) mass is 301 g/mol. The van der Waals surface area contributed by atoms with E-state index in [4.69, 9.17) is 0 Å². The molecule has 1 aliphatic heterocycles. The second-order valence-corrected chi connectivity index (χ2v) is 5.93. The third-order valence-corrected chi connectivity index (χ3v) is 4.55. The number of amides is 2. The summed E-state index contributed by atoms with van der Waals surface area (Å²) in [5.74, 6) is 0.0797. The Balaban J connectivity index is 2.12. The minimum absolute atomic E-state index is 0.0518.